The molecule has 0 fully saturated rings. The quantitative estimate of drug-likeness (QED) is 0.157. The van der Waals surface area contributed by atoms with Gasteiger partial charge in [0.1, 0.15) is 0 Å². The standard InChI is InChI=1S/C58H42N2/c1-39-34-50(47-16-11-17-53(38-47)60-56-20-9-7-18-54(56)55-19-8-10-21-57(55)60)35-40(2)58(39)59(51-30-26-43(27-31-51)48-24-22-41-12-3-5-14-45(41)36-48)52-32-28-44(29-33-52)49-25-23-42-13-4-6-15-46(42)37-49/h3-38H,1-2H3. The predicted octanol–water partition coefficient (Wildman–Crippen LogP) is 16.2. The zero-order valence-electron chi connectivity index (χ0n) is 33.7. The highest BCUT2D eigenvalue weighted by atomic mass is 15.1. The van der Waals surface area contributed by atoms with Crippen LogP contribution in [0.4, 0.5) is 17.1 Å². The van der Waals surface area contributed by atoms with E-state index in [1.165, 1.54) is 93.5 Å². The van der Waals surface area contributed by atoms with Crippen LogP contribution in [0.25, 0.3) is 82.4 Å². The van der Waals surface area contributed by atoms with Crippen LogP contribution in [0.3, 0.4) is 0 Å². The minimum atomic E-state index is 1.12. The summed E-state index contributed by atoms with van der Waals surface area (Å²) in [5, 5.41) is 7.54. The average molecular weight is 767 g/mol. The van der Waals surface area contributed by atoms with Crippen molar-refractivity contribution >= 4 is 60.4 Å². The summed E-state index contributed by atoms with van der Waals surface area (Å²) >= 11 is 0. The van der Waals surface area contributed by atoms with Crippen LogP contribution >= 0.6 is 0 Å². The second kappa shape index (κ2) is 14.6. The van der Waals surface area contributed by atoms with Gasteiger partial charge in [0, 0.05) is 27.8 Å². The Bertz CT molecular complexity index is 3190. The largest absolute Gasteiger partial charge is 0.310 e. The van der Waals surface area contributed by atoms with Crippen molar-refractivity contribution in [3.8, 4) is 39.1 Å². The third kappa shape index (κ3) is 6.22. The van der Waals surface area contributed by atoms with Gasteiger partial charge >= 0.3 is 0 Å². The molecule has 1 heterocycles. The molecular weight excluding hydrogens is 725 g/mol. The highest BCUT2D eigenvalue weighted by molar-refractivity contribution is 6.09. The predicted molar refractivity (Wildman–Crippen MR) is 256 cm³/mol. The second-order valence-electron chi connectivity index (χ2n) is 15.9. The molecule has 10 aromatic carbocycles. The van der Waals surface area contributed by atoms with E-state index in [1.807, 2.05) is 0 Å². The first-order chi connectivity index (χ1) is 29.6. The van der Waals surface area contributed by atoms with Gasteiger partial charge in [-0.05, 0) is 153 Å². The van der Waals surface area contributed by atoms with E-state index in [1.54, 1.807) is 0 Å². The molecule has 2 nitrogen and oxygen atoms in total. The number of fused-ring (bicyclic) bond motifs is 5. The molecule has 0 radical (unpaired) electrons. The minimum absolute atomic E-state index is 1.12. The molecule has 0 aliphatic rings. The molecule has 284 valence electrons. The molecule has 0 atom stereocenters. The number of aryl methyl sites for hydroxylation is 2. The average Bonchev–Trinajstić information content (AvgIpc) is 3.64. The van der Waals surface area contributed by atoms with Gasteiger partial charge in [0.15, 0.2) is 0 Å². The van der Waals surface area contributed by atoms with E-state index in [-0.39, 0.29) is 0 Å². The first-order valence-electron chi connectivity index (χ1n) is 20.7. The van der Waals surface area contributed by atoms with Gasteiger partial charge in [0.05, 0.1) is 16.7 Å². The van der Waals surface area contributed by atoms with Crippen molar-refractivity contribution in [1.82, 2.24) is 4.57 Å². The van der Waals surface area contributed by atoms with Crippen LogP contribution in [0.5, 0.6) is 0 Å². The molecule has 0 N–H and O–H groups in total. The highest BCUT2D eigenvalue weighted by Gasteiger charge is 2.20. The lowest BCUT2D eigenvalue weighted by atomic mass is 9.96. The van der Waals surface area contributed by atoms with Crippen molar-refractivity contribution in [2.75, 3.05) is 4.90 Å². The number of benzene rings is 10. The van der Waals surface area contributed by atoms with Gasteiger partial charge in [0.25, 0.3) is 0 Å². The molecule has 1 aromatic heterocycles. The molecular formula is C58H42N2. The monoisotopic (exact) mass is 766 g/mol. The van der Waals surface area contributed by atoms with Crippen molar-refractivity contribution in [2.45, 2.75) is 13.8 Å². The van der Waals surface area contributed by atoms with Gasteiger partial charge < -0.3 is 9.47 Å². The molecule has 2 heteroatoms. The zero-order chi connectivity index (χ0) is 40.2. The van der Waals surface area contributed by atoms with Gasteiger partial charge in [0.2, 0.25) is 0 Å². The normalized spacial score (nSPS) is 11.5. The van der Waals surface area contributed by atoms with Crippen LogP contribution in [-0.2, 0) is 0 Å². The molecule has 11 aromatic rings. The van der Waals surface area contributed by atoms with E-state index >= 15 is 0 Å². The molecule has 0 amide bonds. The van der Waals surface area contributed by atoms with E-state index in [0.29, 0.717) is 0 Å². The zero-order valence-corrected chi connectivity index (χ0v) is 33.7. The molecule has 0 saturated carbocycles. The molecule has 60 heavy (non-hydrogen) atoms. The molecule has 0 aliphatic heterocycles. The van der Waals surface area contributed by atoms with Crippen LogP contribution in [0, 0.1) is 13.8 Å². The maximum Gasteiger partial charge on any atom is 0.0541 e. The Hall–Kier alpha value is -7.68. The Morgan fingerprint density at radius 2 is 0.750 bits per heavy atom. The van der Waals surface area contributed by atoms with Gasteiger partial charge in [-0.1, -0.05) is 146 Å². The fourth-order valence-corrected chi connectivity index (χ4v) is 9.25. The topological polar surface area (TPSA) is 8.17 Å². The Balaban J connectivity index is 1.00. The van der Waals surface area contributed by atoms with Crippen molar-refractivity contribution in [3.05, 3.63) is 230 Å². The molecule has 0 aliphatic carbocycles. The van der Waals surface area contributed by atoms with E-state index < -0.39 is 0 Å². The molecule has 0 spiro atoms. The summed E-state index contributed by atoms with van der Waals surface area (Å²) < 4.78 is 2.40. The third-order valence-corrected chi connectivity index (χ3v) is 12.1. The van der Waals surface area contributed by atoms with Crippen LogP contribution in [0.2, 0.25) is 0 Å². The van der Waals surface area contributed by atoms with E-state index in [9.17, 15) is 0 Å². The van der Waals surface area contributed by atoms with Crippen molar-refractivity contribution < 1.29 is 0 Å². The number of aromatic nitrogens is 1. The Labute approximate surface area is 350 Å². The third-order valence-electron chi connectivity index (χ3n) is 12.1. The fourth-order valence-electron chi connectivity index (χ4n) is 9.25. The minimum Gasteiger partial charge on any atom is -0.310 e. The number of nitrogens with zero attached hydrogens (tertiary/aromatic N) is 2. The lowest BCUT2D eigenvalue weighted by Crippen LogP contribution is -2.13. The molecule has 11 rings (SSSR count). The van der Waals surface area contributed by atoms with E-state index in [2.05, 4.69) is 242 Å². The lowest BCUT2D eigenvalue weighted by Gasteiger charge is -2.29. The van der Waals surface area contributed by atoms with Crippen LogP contribution in [0.15, 0.2) is 218 Å². The summed E-state index contributed by atoms with van der Waals surface area (Å²) in [6.07, 6.45) is 0. The number of hydrogen-bond donors (Lipinski definition) is 0. The van der Waals surface area contributed by atoms with Crippen molar-refractivity contribution in [1.29, 1.82) is 0 Å². The molecule has 0 bridgehead atoms. The van der Waals surface area contributed by atoms with Crippen LogP contribution in [-0.4, -0.2) is 4.57 Å². The molecule has 0 unspecified atom stereocenters. The van der Waals surface area contributed by atoms with Crippen molar-refractivity contribution in [3.63, 3.8) is 0 Å². The van der Waals surface area contributed by atoms with Gasteiger partial charge in [-0.3, -0.25) is 0 Å². The summed E-state index contributed by atoms with van der Waals surface area (Å²) in [6, 6.07) is 79.8. The first-order valence-corrected chi connectivity index (χ1v) is 20.7. The van der Waals surface area contributed by atoms with Gasteiger partial charge in [-0.15, -0.1) is 0 Å². The number of anilines is 3. The number of para-hydroxylation sites is 2. The lowest BCUT2D eigenvalue weighted by molar-refractivity contribution is 1.18. The Kier molecular flexibility index (Phi) is 8.64. The first kappa shape index (κ1) is 35.5. The van der Waals surface area contributed by atoms with Gasteiger partial charge in [-0.25, -0.2) is 0 Å². The maximum atomic E-state index is 2.43. The van der Waals surface area contributed by atoms with Gasteiger partial charge in [-0.2, -0.15) is 0 Å². The van der Waals surface area contributed by atoms with E-state index in [0.717, 1.165) is 17.1 Å². The van der Waals surface area contributed by atoms with Crippen LogP contribution < -0.4 is 4.90 Å². The Morgan fingerprint density at radius 1 is 0.317 bits per heavy atom. The van der Waals surface area contributed by atoms with Crippen molar-refractivity contribution in [2.24, 2.45) is 0 Å². The molecule has 0 saturated heterocycles. The summed E-state index contributed by atoms with van der Waals surface area (Å²) in [5.74, 6) is 0. The summed E-state index contributed by atoms with van der Waals surface area (Å²) in [7, 11) is 0. The smallest absolute Gasteiger partial charge is 0.0541 e. The summed E-state index contributed by atoms with van der Waals surface area (Å²) in [5.41, 5.74) is 16.7. The number of rotatable bonds is 7. The summed E-state index contributed by atoms with van der Waals surface area (Å²) in [4.78, 5) is 2.43. The van der Waals surface area contributed by atoms with E-state index in [4.69, 9.17) is 0 Å². The Morgan fingerprint density at radius 3 is 1.27 bits per heavy atom. The van der Waals surface area contributed by atoms with Crippen LogP contribution in [0.1, 0.15) is 11.1 Å². The second-order valence-corrected chi connectivity index (χ2v) is 15.9. The maximum absolute atomic E-state index is 2.43. The fraction of sp³-hybridized carbons (Fsp3) is 0.0345. The summed E-state index contributed by atoms with van der Waals surface area (Å²) in [6.45, 7) is 4.51. The number of hydrogen-bond acceptors (Lipinski definition) is 1. The SMILES string of the molecule is Cc1cc(-c2cccc(-n3c4ccccc4c4ccccc43)c2)cc(C)c1N(c1ccc(-c2ccc3ccccc3c2)cc1)c1ccc(-c2ccc3ccccc3c2)cc1. The highest BCUT2D eigenvalue weighted by Crippen LogP contribution is 2.42.